The van der Waals surface area contributed by atoms with Gasteiger partial charge in [-0.1, -0.05) is 315 Å². The minimum atomic E-state index is -0.853. The van der Waals surface area contributed by atoms with Crippen LogP contribution in [-0.4, -0.2) is 22.6 Å². The number of para-hydroxylation sites is 6. The van der Waals surface area contributed by atoms with Crippen LogP contribution in [0.3, 0.4) is 0 Å². The minimum absolute atomic E-state index is 0.248. The molecule has 6 heterocycles. The van der Waals surface area contributed by atoms with Crippen molar-refractivity contribution in [1.82, 2.24) is 9.13 Å². The smallest absolute Gasteiger partial charge is 0.252 e. The van der Waals surface area contributed by atoms with E-state index < -0.39 is 5.41 Å². The molecular weight excluding hydrogens is 1560 g/mol. The lowest BCUT2D eigenvalue weighted by Gasteiger charge is -2.43. The summed E-state index contributed by atoms with van der Waals surface area (Å²) in [7, 11) is 0. The summed E-state index contributed by atoms with van der Waals surface area (Å²) in [6.07, 6.45) is 0. The molecule has 0 amide bonds. The Labute approximate surface area is 748 Å². The van der Waals surface area contributed by atoms with Gasteiger partial charge in [0.1, 0.15) is 0 Å². The first-order valence-electron chi connectivity index (χ1n) is 44.9. The molecule has 4 aliphatic heterocycles. The molecule has 596 valence electrons. The van der Waals surface area contributed by atoms with Gasteiger partial charge in [-0.15, -0.1) is 0 Å². The SMILES string of the molecule is c1ccc(-c2ccc3c(c2)c2cc(-c4ccccc4)cc4c2n3-c2cc(N(c3ccccc3)c3ccccc3)cc3c2B4c2cc4c(cc2N3c2ccccc2)C2(c3ccccc3-4)c3ccccc3-c3cc4c(cc32)N(c2ccccc2)c2cc(N(c3ccccc3)c3ccccc3)cc3c2B4c2cc(-c4ccccc4)cc4c5cc(-c6ccccc6)ccc5n-3c24)cc1. The third kappa shape index (κ3) is 10.3. The lowest BCUT2D eigenvalue weighted by molar-refractivity contribution is 0.794. The van der Waals surface area contributed by atoms with Crippen molar-refractivity contribution in [2.45, 2.75) is 5.41 Å². The fourth-order valence-corrected chi connectivity index (χ4v) is 23.5. The first kappa shape index (κ1) is 71.7. The van der Waals surface area contributed by atoms with Gasteiger partial charge in [-0.05, 0) is 267 Å². The van der Waals surface area contributed by atoms with Gasteiger partial charge in [0.2, 0.25) is 0 Å². The zero-order valence-corrected chi connectivity index (χ0v) is 70.2. The highest BCUT2D eigenvalue weighted by Gasteiger charge is 2.56. The molecule has 6 aliphatic rings. The van der Waals surface area contributed by atoms with Crippen molar-refractivity contribution in [1.29, 1.82) is 0 Å². The van der Waals surface area contributed by atoms with Gasteiger partial charge in [0.15, 0.2) is 0 Å². The molecule has 20 aromatic carbocycles. The third-order valence-electron chi connectivity index (χ3n) is 28.7. The van der Waals surface area contributed by atoms with Gasteiger partial charge in [0.05, 0.1) is 27.8 Å². The Balaban J connectivity index is 0.748. The van der Waals surface area contributed by atoms with Crippen LogP contribution >= 0.6 is 0 Å². The molecule has 0 bridgehead atoms. The number of rotatable bonds is 12. The maximum atomic E-state index is 2.69. The van der Waals surface area contributed by atoms with Crippen molar-refractivity contribution in [3.8, 4) is 78.1 Å². The Morgan fingerprint density at radius 3 is 0.853 bits per heavy atom. The van der Waals surface area contributed by atoms with E-state index in [1.165, 1.54) is 154 Å². The second kappa shape index (κ2) is 27.7. The molecule has 28 rings (SSSR count). The van der Waals surface area contributed by atoms with Crippen LogP contribution in [0.1, 0.15) is 22.3 Å². The first-order valence-corrected chi connectivity index (χ1v) is 44.9. The summed E-state index contributed by atoms with van der Waals surface area (Å²) < 4.78 is 5.29. The van der Waals surface area contributed by atoms with E-state index in [1.807, 2.05) is 0 Å². The van der Waals surface area contributed by atoms with Crippen molar-refractivity contribution in [3.63, 3.8) is 0 Å². The highest BCUT2D eigenvalue weighted by atomic mass is 15.2. The molecule has 0 radical (unpaired) electrons. The van der Waals surface area contributed by atoms with Gasteiger partial charge in [0, 0.05) is 101 Å². The van der Waals surface area contributed by atoms with E-state index in [0.717, 1.165) is 90.7 Å². The number of anilines is 12. The molecule has 0 N–H and O–H groups in total. The quantitative estimate of drug-likeness (QED) is 0.114. The molecule has 0 fully saturated rings. The van der Waals surface area contributed by atoms with Gasteiger partial charge in [-0.2, -0.15) is 0 Å². The fourth-order valence-electron chi connectivity index (χ4n) is 23.5. The number of benzene rings is 20. The molecule has 1 spiro atoms. The minimum Gasteiger partial charge on any atom is -0.311 e. The average Bonchev–Trinajstić information content (AvgIpc) is 1.58. The van der Waals surface area contributed by atoms with Gasteiger partial charge >= 0.3 is 0 Å². The van der Waals surface area contributed by atoms with Gasteiger partial charge < -0.3 is 28.7 Å². The predicted molar refractivity (Wildman–Crippen MR) is 541 cm³/mol. The van der Waals surface area contributed by atoms with Crippen molar-refractivity contribution >= 4 is 158 Å². The Kier molecular flexibility index (Phi) is 15.4. The summed E-state index contributed by atoms with van der Waals surface area (Å²) in [6, 6.07) is 175. The normalized spacial score (nSPS) is 13.3. The number of nitrogens with zero attached hydrogens (tertiary/aromatic N) is 6. The molecule has 0 saturated heterocycles. The summed E-state index contributed by atoms with van der Waals surface area (Å²) >= 11 is 0. The maximum Gasteiger partial charge on any atom is 0.252 e. The van der Waals surface area contributed by atoms with Crippen molar-refractivity contribution in [3.05, 3.63) is 483 Å². The second-order valence-electron chi connectivity index (χ2n) is 35.3. The predicted octanol–water partition coefficient (Wildman–Crippen LogP) is 27.1. The number of hydrogen-bond acceptors (Lipinski definition) is 4. The van der Waals surface area contributed by atoms with Crippen LogP contribution in [0.15, 0.2) is 461 Å². The van der Waals surface area contributed by atoms with Crippen molar-refractivity contribution in [2.24, 2.45) is 0 Å². The van der Waals surface area contributed by atoms with E-state index in [4.69, 9.17) is 0 Å². The lowest BCUT2D eigenvalue weighted by atomic mass is 9.33. The molecule has 6 nitrogen and oxygen atoms in total. The first-order chi connectivity index (χ1) is 64.0. The number of hydrogen-bond donors (Lipinski definition) is 0. The molecular formula is C121H76B2N6. The van der Waals surface area contributed by atoms with Crippen LogP contribution in [0.5, 0.6) is 0 Å². The average molecular weight is 1640 g/mol. The van der Waals surface area contributed by atoms with E-state index in [-0.39, 0.29) is 13.4 Å². The molecule has 2 aromatic heterocycles. The van der Waals surface area contributed by atoms with Crippen molar-refractivity contribution in [2.75, 3.05) is 19.6 Å². The summed E-state index contributed by atoms with van der Waals surface area (Å²) in [5.74, 6) is 0. The number of fused-ring (bicyclic) bond motifs is 24. The zero-order chi connectivity index (χ0) is 84.3. The summed E-state index contributed by atoms with van der Waals surface area (Å²) in [6.45, 7) is -0.495. The zero-order valence-electron chi connectivity index (χ0n) is 70.2. The van der Waals surface area contributed by atoms with Gasteiger partial charge in [-0.25, -0.2) is 0 Å². The Hall–Kier alpha value is -16.7. The molecule has 0 unspecified atom stereocenters. The molecule has 22 aromatic rings. The van der Waals surface area contributed by atoms with Crippen LogP contribution in [-0.2, 0) is 5.41 Å². The molecule has 0 atom stereocenters. The Bertz CT molecular complexity index is 7840. The van der Waals surface area contributed by atoms with E-state index >= 15 is 0 Å². The van der Waals surface area contributed by atoms with Crippen LogP contribution in [0.2, 0.25) is 0 Å². The number of aromatic nitrogens is 2. The largest absolute Gasteiger partial charge is 0.311 e. The summed E-state index contributed by atoms with van der Waals surface area (Å²) in [5, 5.41) is 4.88. The molecule has 8 heteroatoms. The van der Waals surface area contributed by atoms with Gasteiger partial charge in [0.25, 0.3) is 13.4 Å². The van der Waals surface area contributed by atoms with Gasteiger partial charge in [-0.3, -0.25) is 0 Å². The van der Waals surface area contributed by atoms with Crippen LogP contribution in [0, 0.1) is 0 Å². The van der Waals surface area contributed by atoms with E-state index in [0.29, 0.717) is 0 Å². The Morgan fingerprint density at radius 2 is 0.496 bits per heavy atom. The second-order valence-corrected chi connectivity index (χ2v) is 35.3. The highest BCUT2D eigenvalue weighted by molar-refractivity contribution is 7.01. The summed E-state index contributed by atoms with van der Waals surface area (Å²) in [5.41, 5.74) is 46.4. The molecule has 2 aliphatic carbocycles. The highest BCUT2D eigenvalue weighted by Crippen LogP contribution is 2.65. The van der Waals surface area contributed by atoms with Crippen molar-refractivity contribution < 1.29 is 0 Å². The Morgan fingerprint density at radius 1 is 0.194 bits per heavy atom. The maximum absolute atomic E-state index is 2.69. The van der Waals surface area contributed by atoms with Crippen LogP contribution in [0.25, 0.3) is 122 Å². The standard InChI is InChI=1S/C121H76B2N6/c1-11-35-77(36-12-1)81-59-61-109-97(63-81)99-65-83(79-39-15-3-16-40-79)67-107-119(99)128(109)115-71-91(124(85-43-19-5-20-44-85)86-45-21-6-22-46-86)69-113-117(115)122(107)105-73-95-93-55-31-33-57-101(93)121(103(95)75-111(105)126(113)89-51-27-9-28-52-89)102-58-34-32-56-94(102)96-74-106-112(76-104(96)121)127(90-53-29-10-30-54-90)114-70-92(125(87-47-23-7-24-48-87)88-49-25-8-26-50-88)72-116-118(114)123(106)108-68-84(80-41-17-4-18-42-80)66-100-98-64-82(78-37-13-2-14-38-78)60-62-110(98)129(116)120(100)108/h1-76H. The van der Waals surface area contributed by atoms with Crippen LogP contribution in [0.4, 0.5) is 68.2 Å². The fraction of sp³-hybridized carbons (Fsp3) is 0.00826. The van der Waals surface area contributed by atoms with Crippen LogP contribution < -0.4 is 52.4 Å². The molecule has 129 heavy (non-hydrogen) atoms. The topological polar surface area (TPSA) is 22.8 Å². The summed E-state index contributed by atoms with van der Waals surface area (Å²) in [4.78, 5) is 10.2. The third-order valence-corrected chi connectivity index (χ3v) is 28.7. The molecule has 0 saturated carbocycles. The van der Waals surface area contributed by atoms with E-state index in [1.54, 1.807) is 0 Å². The van der Waals surface area contributed by atoms with E-state index in [9.17, 15) is 0 Å². The van der Waals surface area contributed by atoms with E-state index in [2.05, 4.69) is 490 Å². The monoisotopic (exact) mass is 1630 g/mol. The lowest BCUT2D eigenvalue weighted by Crippen LogP contribution is -2.60.